The van der Waals surface area contributed by atoms with Crippen LogP contribution in [0.1, 0.15) is 10.6 Å². The Bertz CT molecular complexity index is 526. The Labute approximate surface area is 125 Å². The van der Waals surface area contributed by atoms with Gasteiger partial charge < -0.3 is 9.47 Å². The average Bonchev–Trinajstić information content (AvgIpc) is 3.06. The lowest BCUT2D eigenvalue weighted by molar-refractivity contribution is -0.113. The standard InChI is InChI=1S/C11H17N5O2S2/c1-8-9(20-7-12-8)4-5-19-11-13-14-15-16(11)6-10(17-2)18-3/h7,10H,4-6H2,1-3H3. The van der Waals surface area contributed by atoms with Crippen LogP contribution in [-0.4, -0.2) is 51.5 Å². The van der Waals surface area contributed by atoms with E-state index >= 15 is 0 Å². The molecule has 7 nitrogen and oxygen atoms in total. The fourth-order valence-electron chi connectivity index (χ4n) is 1.60. The number of nitrogens with zero attached hydrogens (tertiary/aromatic N) is 5. The van der Waals surface area contributed by atoms with Gasteiger partial charge in [-0.05, 0) is 23.8 Å². The molecule has 0 aliphatic rings. The Morgan fingerprint density at radius 2 is 2.20 bits per heavy atom. The number of hydrogen-bond donors (Lipinski definition) is 0. The monoisotopic (exact) mass is 315 g/mol. The minimum Gasteiger partial charge on any atom is -0.354 e. The summed E-state index contributed by atoms with van der Waals surface area (Å²) in [7, 11) is 3.19. The van der Waals surface area contributed by atoms with Crippen LogP contribution in [0.25, 0.3) is 0 Å². The van der Waals surface area contributed by atoms with Crippen LogP contribution in [0, 0.1) is 6.92 Å². The zero-order valence-electron chi connectivity index (χ0n) is 11.6. The maximum Gasteiger partial charge on any atom is 0.209 e. The van der Waals surface area contributed by atoms with Gasteiger partial charge in [0.25, 0.3) is 0 Å². The Balaban J connectivity index is 1.87. The second-order valence-corrected chi connectivity index (χ2v) is 6.01. The molecular weight excluding hydrogens is 298 g/mol. The van der Waals surface area contributed by atoms with Crippen molar-refractivity contribution in [1.29, 1.82) is 0 Å². The fourth-order valence-corrected chi connectivity index (χ4v) is 3.36. The number of hydrogen-bond acceptors (Lipinski definition) is 8. The molecule has 0 unspecified atom stereocenters. The topological polar surface area (TPSA) is 75.0 Å². The van der Waals surface area contributed by atoms with Crippen LogP contribution in [0.3, 0.4) is 0 Å². The third-order valence-electron chi connectivity index (χ3n) is 2.75. The third kappa shape index (κ3) is 3.98. The summed E-state index contributed by atoms with van der Waals surface area (Å²) in [5.41, 5.74) is 2.98. The number of ether oxygens (including phenoxy) is 2. The molecule has 2 aromatic heterocycles. The number of rotatable bonds is 8. The van der Waals surface area contributed by atoms with Gasteiger partial charge in [0, 0.05) is 24.8 Å². The van der Waals surface area contributed by atoms with Crippen molar-refractivity contribution in [3.63, 3.8) is 0 Å². The highest BCUT2D eigenvalue weighted by atomic mass is 32.2. The van der Waals surface area contributed by atoms with Crippen LogP contribution < -0.4 is 0 Å². The van der Waals surface area contributed by atoms with Crippen molar-refractivity contribution in [2.45, 2.75) is 31.3 Å². The first-order valence-electron chi connectivity index (χ1n) is 6.08. The second-order valence-electron chi connectivity index (χ2n) is 4.00. The Hall–Kier alpha value is -1.03. The van der Waals surface area contributed by atoms with Crippen molar-refractivity contribution < 1.29 is 9.47 Å². The summed E-state index contributed by atoms with van der Waals surface area (Å²) in [5, 5.41) is 12.4. The molecule has 2 rings (SSSR count). The van der Waals surface area contributed by atoms with Gasteiger partial charge in [-0.25, -0.2) is 9.67 Å². The van der Waals surface area contributed by atoms with Gasteiger partial charge in [0.05, 0.1) is 17.7 Å². The van der Waals surface area contributed by atoms with E-state index in [1.54, 1.807) is 42.0 Å². The first-order valence-corrected chi connectivity index (χ1v) is 7.94. The summed E-state index contributed by atoms with van der Waals surface area (Å²) in [6.07, 6.45) is 0.619. The molecule has 0 atom stereocenters. The molecule has 0 fully saturated rings. The summed E-state index contributed by atoms with van der Waals surface area (Å²) in [6, 6.07) is 0. The summed E-state index contributed by atoms with van der Waals surface area (Å²) >= 11 is 3.30. The number of tetrazole rings is 1. The molecule has 110 valence electrons. The first kappa shape index (κ1) is 15.4. The van der Waals surface area contributed by atoms with Crippen LogP contribution in [0.4, 0.5) is 0 Å². The molecule has 9 heteroatoms. The molecule has 0 aliphatic carbocycles. The van der Waals surface area contributed by atoms with Gasteiger partial charge in [0.1, 0.15) is 0 Å². The highest BCUT2D eigenvalue weighted by Crippen LogP contribution is 2.19. The van der Waals surface area contributed by atoms with E-state index in [1.807, 2.05) is 12.4 Å². The minimum absolute atomic E-state index is 0.346. The number of methoxy groups -OCH3 is 2. The highest BCUT2D eigenvalue weighted by molar-refractivity contribution is 7.99. The van der Waals surface area contributed by atoms with E-state index in [0.717, 1.165) is 23.0 Å². The Morgan fingerprint density at radius 3 is 2.85 bits per heavy atom. The van der Waals surface area contributed by atoms with Crippen molar-refractivity contribution in [3.05, 3.63) is 16.1 Å². The largest absolute Gasteiger partial charge is 0.354 e. The van der Waals surface area contributed by atoms with E-state index in [9.17, 15) is 0 Å². The molecule has 0 spiro atoms. The Morgan fingerprint density at radius 1 is 1.40 bits per heavy atom. The van der Waals surface area contributed by atoms with Crippen molar-refractivity contribution in [3.8, 4) is 0 Å². The van der Waals surface area contributed by atoms with E-state index in [1.165, 1.54) is 4.88 Å². The molecule has 0 radical (unpaired) electrons. The van der Waals surface area contributed by atoms with Crippen LogP contribution in [0.5, 0.6) is 0 Å². The lowest BCUT2D eigenvalue weighted by Crippen LogP contribution is -2.22. The van der Waals surface area contributed by atoms with Gasteiger partial charge in [-0.1, -0.05) is 11.8 Å². The summed E-state index contributed by atoms with van der Waals surface area (Å²) in [4.78, 5) is 5.55. The molecule has 0 N–H and O–H groups in total. The van der Waals surface area contributed by atoms with E-state index in [0.29, 0.717) is 6.54 Å². The molecule has 2 heterocycles. The number of thioether (sulfide) groups is 1. The van der Waals surface area contributed by atoms with Gasteiger partial charge in [-0.2, -0.15) is 0 Å². The number of aryl methyl sites for hydroxylation is 2. The summed E-state index contributed by atoms with van der Waals surface area (Å²) < 4.78 is 12.0. The van der Waals surface area contributed by atoms with Crippen LogP contribution >= 0.6 is 23.1 Å². The lowest BCUT2D eigenvalue weighted by Gasteiger charge is -2.13. The molecule has 0 aromatic carbocycles. The van der Waals surface area contributed by atoms with Crippen LogP contribution in [-0.2, 0) is 22.4 Å². The second kappa shape index (κ2) is 7.67. The van der Waals surface area contributed by atoms with Crippen molar-refractivity contribution in [1.82, 2.24) is 25.2 Å². The van der Waals surface area contributed by atoms with Crippen LogP contribution in [0.15, 0.2) is 10.7 Å². The van der Waals surface area contributed by atoms with E-state index < -0.39 is 0 Å². The molecule has 0 aliphatic heterocycles. The van der Waals surface area contributed by atoms with Crippen molar-refractivity contribution in [2.24, 2.45) is 0 Å². The Kier molecular flexibility index (Phi) is 5.89. The van der Waals surface area contributed by atoms with Gasteiger partial charge in [-0.3, -0.25) is 0 Å². The van der Waals surface area contributed by atoms with Gasteiger partial charge >= 0.3 is 0 Å². The van der Waals surface area contributed by atoms with E-state index in [2.05, 4.69) is 20.5 Å². The fraction of sp³-hybridized carbons (Fsp3) is 0.636. The molecular formula is C11H17N5O2S2. The smallest absolute Gasteiger partial charge is 0.209 e. The number of thiazole rings is 1. The molecule has 2 aromatic rings. The summed E-state index contributed by atoms with van der Waals surface area (Å²) in [6.45, 7) is 2.50. The molecule has 0 saturated heterocycles. The maximum absolute atomic E-state index is 5.15. The van der Waals surface area contributed by atoms with E-state index in [4.69, 9.17) is 9.47 Å². The van der Waals surface area contributed by atoms with Crippen molar-refractivity contribution >= 4 is 23.1 Å². The van der Waals surface area contributed by atoms with Gasteiger partial charge in [-0.15, -0.1) is 16.4 Å². The van der Waals surface area contributed by atoms with Gasteiger partial charge in [0.2, 0.25) is 5.16 Å². The molecule has 0 amide bonds. The SMILES string of the molecule is COC(Cn1nnnc1SCCc1scnc1C)OC. The predicted molar refractivity (Wildman–Crippen MR) is 76.9 cm³/mol. The highest BCUT2D eigenvalue weighted by Gasteiger charge is 2.13. The quantitative estimate of drug-likeness (QED) is 0.538. The third-order valence-corrected chi connectivity index (χ3v) is 4.71. The van der Waals surface area contributed by atoms with E-state index in [-0.39, 0.29) is 6.29 Å². The lowest BCUT2D eigenvalue weighted by atomic mass is 10.3. The normalized spacial score (nSPS) is 11.4. The molecule has 20 heavy (non-hydrogen) atoms. The minimum atomic E-state index is -0.346. The summed E-state index contributed by atoms with van der Waals surface area (Å²) in [5.74, 6) is 0.911. The average molecular weight is 315 g/mol. The molecule has 0 bridgehead atoms. The van der Waals surface area contributed by atoms with Crippen molar-refractivity contribution in [2.75, 3.05) is 20.0 Å². The maximum atomic E-state index is 5.15. The zero-order chi connectivity index (χ0) is 14.4. The molecule has 0 saturated carbocycles. The van der Waals surface area contributed by atoms with Gasteiger partial charge in [0.15, 0.2) is 6.29 Å². The van der Waals surface area contributed by atoms with Crippen LogP contribution in [0.2, 0.25) is 0 Å². The predicted octanol–water partition coefficient (Wildman–Crippen LogP) is 1.39. The number of aromatic nitrogens is 5. The first-order chi connectivity index (χ1) is 9.74. The zero-order valence-corrected chi connectivity index (χ0v) is 13.3.